The molecule has 0 atom stereocenters. The predicted octanol–water partition coefficient (Wildman–Crippen LogP) is 2.74. The van der Waals surface area contributed by atoms with Crippen LogP contribution in [0.15, 0.2) is 24.6 Å². The summed E-state index contributed by atoms with van der Waals surface area (Å²) >= 11 is 0. The van der Waals surface area contributed by atoms with Gasteiger partial charge in [0.25, 0.3) is 0 Å². The van der Waals surface area contributed by atoms with E-state index in [4.69, 9.17) is 0 Å². The predicted molar refractivity (Wildman–Crippen MR) is 65.7 cm³/mol. The SMILES string of the molecule is C=C[Si](C=C)CN(C)C1CCCCC1. The highest BCUT2D eigenvalue weighted by atomic mass is 28.3. The second kappa shape index (κ2) is 6.20. The van der Waals surface area contributed by atoms with Gasteiger partial charge in [0.05, 0.1) is 0 Å². The monoisotopic (exact) mass is 208 g/mol. The van der Waals surface area contributed by atoms with Crippen molar-refractivity contribution in [3.8, 4) is 0 Å². The first-order valence-electron chi connectivity index (χ1n) is 5.59. The third-order valence-electron chi connectivity index (χ3n) is 3.15. The number of nitrogens with zero attached hydrogens (tertiary/aromatic N) is 1. The van der Waals surface area contributed by atoms with Crippen LogP contribution in [0.3, 0.4) is 0 Å². The summed E-state index contributed by atoms with van der Waals surface area (Å²) in [6.45, 7) is 7.75. The molecule has 0 saturated heterocycles. The van der Waals surface area contributed by atoms with E-state index < -0.39 is 8.80 Å². The summed E-state index contributed by atoms with van der Waals surface area (Å²) in [5.41, 5.74) is 4.19. The molecule has 0 aromatic rings. The zero-order chi connectivity index (χ0) is 10.4. The van der Waals surface area contributed by atoms with Crippen LogP contribution in [0.5, 0.6) is 0 Å². The molecule has 0 aromatic heterocycles. The minimum atomic E-state index is -0.517. The molecule has 0 aromatic carbocycles. The maximum Gasteiger partial charge on any atom is 0.117 e. The molecule has 1 aliphatic rings. The Morgan fingerprint density at radius 2 is 1.79 bits per heavy atom. The van der Waals surface area contributed by atoms with Crippen molar-refractivity contribution < 1.29 is 0 Å². The molecule has 2 heteroatoms. The molecule has 1 fully saturated rings. The maximum atomic E-state index is 3.88. The minimum absolute atomic E-state index is 0.517. The quantitative estimate of drug-likeness (QED) is 0.628. The van der Waals surface area contributed by atoms with Gasteiger partial charge in [-0.3, -0.25) is 0 Å². The van der Waals surface area contributed by atoms with Gasteiger partial charge in [0.1, 0.15) is 8.80 Å². The Bertz CT molecular complexity index is 177. The van der Waals surface area contributed by atoms with Crippen LogP contribution in [-0.4, -0.2) is 33.0 Å². The molecule has 0 bridgehead atoms. The minimum Gasteiger partial charge on any atom is -0.306 e. The van der Waals surface area contributed by atoms with Crippen LogP contribution >= 0.6 is 0 Å². The van der Waals surface area contributed by atoms with Crippen molar-refractivity contribution in [3.05, 3.63) is 24.6 Å². The number of hydrogen-bond acceptors (Lipinski definition) is 1. The van der Waals surface area contributed by atoms with E-state index in [0.717, 1.165) is 6.04 Å². The summed E-state index contributed by atoms with van der Waals surface area (Å²) < 4.78 is 0. The first-order valence-corrected chi connectivity index (χ1v) is 7.45. The molecule has 0 amide bonds. The van der Waals surface area contributed by atoms with Crippen molar-refractivity contribution in [2.24, 2.45) is 0 Å². The lowest BCUT2D eigenvalue weighted by Gasteiger charge is -2.32. The van der Waals surface area contributed by atoms with Crippen LogP contribution in [0.2, 0.25) is 0 Å². The number of hydrogen-bond donors (Lipinski definition) is 0. The fraction of sp³-hybridized carbons (Fsp3) is 0.667. The lowest BCUT2D eigenvalue weighted by atomic mass is 9.95. The molecular weight excluding hydrogens is 186 g/mol. The van der Waals surface area contributed by atoms with Gasteiger partial charge in [0.2, 0.25) is 0 Å². The van der Waals surface area contributed by atoms with Gasteiger partial charge in [0, 0.05) is 6.04 Å². The molecule has 79 valence electrons. The average molecular weight is 208 g/mol. The van der Waals surface area contributed by atoms with Crippen LogP contribution in [-0.2, 0) is 0 Å². The van der Waals surface area contributed by atoms with Crippen molar-refractivity contribution in [3.63, 3.8) is 0 Å². The zero-order valence-electron chi connectivity index (χ0n) is 9.34. The van der Waals surface area contributed by atoms with Gasteiger partial charge in [-0.05, 0) is 26.1 Å². The van der Waals surface area contributed by atoms with Crippen molar-refractivity contribution in [2.45, 2.75) is 38.1 Å². The van der Waals surface area contributed by atoms with Crippen LogP contribution in [0.25, 0.3) is 0 Å². The van der Waals surface area contributed by atoms with E-state index in [9.17, 15) is 0 Å². The van der Waals surface area contributed by atoms with Crippen molar-refractivity contribution >= 4 is 8.80 Å². The highest BCUT2D eigenvalue weighted by Gasteiger charge is 2.19. The molecule has 0 N–H and O–H groups in total. The van der Waals surface area contributed by atoms with Gasteiger partial charge in [-0.2, -0.15) is 0 Å². The summed E-state index contributed by atoms with van der Waals surface area (Å²) in [5, 5.41) is 0. The van der Waals surface area contributed by atoms with Gasteiger partial charge in [-0.25, -0.2) is 0 Å². The van der Waals surface area contributed by atoms with E-state index >= 15 is 0 Å². The maximum absolute atomic E-state index is 3.88. The summed E-state index contributed by atoms with van der Waals surface area (Å²) in [5.74, 6) is 0. The molecule has 0 heterocycles. The fourth-order valence-corrected chi connectivity index (χ4v) is 3.41. The first kappa shape index (κ1) is 11.7. The molecule has 0 unspecified atom stereocenters. The first-order chi connectivity index (χ1) is 6.77. The van der Waals surface area contributed by atoms with Crippen LogP contribution < -0.4 is 0 Å². The molecule has 0 spiro atoms. The standard InChI is InChI=1S/C12H22NSi/c1-4-14(5-2)11-13(3)12-9-7-6-8-10-12/h4-5,12H,1-2,6-11H2,3H3. The van der Waals surface area contributed by atoms with Gasteiger partial charge in [0.15, 0.2) is 0 Å². The molecule has 0 aliphatic heterocycles. The van der Waals surface area contributed by atoms with E-state index in [1.54, 1.807) is 0 Å². The molecule has 1 aliphatic carbocycles. The van der Waals surface area contributed by atoms with Gasteiger partial charge >= 0.3 is 0 Å². The Balaban J connectivity index is 2.34. The smallest absolute Gasteiger partial charge is 0.117 e. The normalized spacial score (nSPS) is 18.8. The molecular formula is C12H22NSi. The third kappa shape index (κ3) is 3.43. The second-order valence-corrected chi connectivity index (χ2v) is 6.47. The summed E-state index contributed by atoms with van der Waals surface area (Å²) in [6.07, 6.45) is 8.23. The summed E-state index contributed by atoms with van der Waals surface area (Å²) in [6, 6.07) is 0.823. The fourth-order valence-electron chi connectivity index (χ4n) is 2.15. The lowest BCUT2D eigenvalue weighted by Crippen LogP contribution is -2.39. The van der Waals surface area contributed by atoms with Crippen molar-refractivity contribution in [1.29, 1.82) is 0 Å². The van der Waals surface area contributed by atoms with E-state index in [-0.39, 0.29) is 0 Å². The Morgan fingerprint density at radius 1 is 1.21 bits per heavy atom. The van der Waals surface area contributed by atoms with Gasteiger partial charge in [-0.1, -0.05) is 30.7 Å². The van der Waals surface area contributed by atoms with Crippen molar-refractivity contribution in [1.82, 2.24) is 4.90 Å². The Hall–Kier alpha value is -0.343. The van der Waals surface area contributed by atoms with Crippen LogP contribution in [0, 0.1) is 0 Å². The van der Waals surface area contributed by atoms with E-state index in [1.807, 2.05) is 0 Å². The average Bonchev–Trinajstić information content (AvgIpc) is 2.26. The lowest BCUT2D eigenvalue weighted by molar-refractivity contribution is 0.217. The van der Waals surface area contributed by atoms with E-state index in [2.05, 4.69) is 36.5 Å². The van der Waals surface area contributed by atoms with Gasteiger partial charge in [-0.15, -0.1) is 13.2 Å². The molecule has 14 heavy (non-hydrogen) atoms. The Morgan fingerprint density at radius 3 is 2.29 bits per heavy atom. The van der Waals surface area contributed by atoms with E-state index in [1.165, 1.54) is 38.3 Å². The highest BCUT2D eigenvalue weighted by Crippen LogP contribution is 2.21. The summed E-state index contributed by atoms with van der Waals surface area (Å²) in [7, 11) is 1.74. The van der Waals surface area contributed by atoms with E-state index in [0.29, 0.717) is 0 Å². The van der Waals surface area contributed by atoms with Crippen molar-refractivity contribution in [2.75, 3.05) is 13.2 Å². The number of rotatable bonds is 5. The molecule has 1 saturated carbocycles. The molecule has 1 radical (unpaired) electrons. The Kier molecular flexibility index (Phi) is 5.19. The molecule has 1 rings (SSSR count). The Labute approximate surface area is 90.1 Å². The highest BCUT2D eigenvalue weighted by molar-refractivity contribution is 6.69. The summed E-state index contributed by atoms with van der Waals surface area (Å²) in [4.78, 5) is 2.52. The third-order valence-corrected chi connectivity index (χ3v) is 5.07. The van der Waals surface area contributed by atoms with Gasteiger partial charge < -0.3 is 4.90 Å². The second-order valence-electron chi connectivity index (χ2n) is 4.19. The van der Waals surface area contributed by atoms with Crippen LogP contribution in [0.1, 0.15) is 32.1 Å². The molecule has 1 nitrogen and oxygen atoms in total. The van der Waals surface area contributed by atoms with Crippen LogP contribution in [0.4, 0.5) is 0 Å². The zero-order valence-corrected chi connectivity index (χ0v) is 10.3. The largest absolute Gasteiger partial charge is 0.306 e. The topological polar surface area (TPSA) is 3.24 Å².